The van der Waals surface area contributed by atoms with E-state index in [-0.39, 0.29) is 12.1 Å². The van der Waals surface area contributed by atoms with E-state index in [1.807, 2.05) is 37.2 Å². The lowest BCUT2D eigenvalue weighted by Gasteiger charge is -2.41. The molecule has 0 bridgehead atoms. The van der Waals surface area contributed by atoms with Crippen LogP contribution in [0.4, 0.5) is 10.5 Å². The molecule has 3 saturated heterocycles. The van der Waals surface area contributed by atoms with E-state index in [0.29, 0.717) is 5.41 Å². The molecule has 6 heteroatoms. The maximum atomic E-state index is 13.1. The van der Waals surface area contributed by atoms with E-state index >= 15 is 0 Å². The van der Waals surface area contributed by atoms with E-state index in [9.17, 15) is 4.79 Å². The molecule has 0 saturated carbocycles. The molecule has 0 N–H and O–H groups in total. The summed E-state index contributed by atoms with van der Waals surface area (Å²) in [4.78, 5) is 23.8. The number of piperidine rings is 2. The van der Waals surface area contributed by atoms with Crippen LogP contribution in [0, 0.1) is 5.41 Å². The molecule has 2 amide bonds. The monoisotopic (exact) mass is 398 g/mol. The lowest BCUT2D eigenvalue weighted by Crippen LogP contribution is -2.48. The van der Waals surface area contributed by atoms with Gasteiger partial charge in [-0.05, 0) is 56.7 Å². The summed E-state index contributed by atoms with van der Waals surface area (Å²) < 4.78 is 5.93. The van der Waals surface area contributed by atoms with Gasteiger partial charge in [0.05, 0.1) is 5.76 Å². The molecule has 0 aliphatic carbocycles. The van der Waals surface area contributed by atoms with Gasteiger partial charge in [0.15, 0.2) is 0 Å². The molecule has 0 unspecified atom stereocenters. The number of pyridine rings is 1. The van der Waals surface area contributed by atoms with E-state index in [1.165, 1.54) is 5.69 Å². The minimum absolute atomic E-state index is 0.236. The summed E-state index contributed by atoms with van der Waals surface area (Å²) in [5.41, 5.74) is 1.57. The smallest absolute Gasteiger partial charge is 0.320 e. The Hall–Kier alpha value is -2.24. The predicted molar refractivity (Wildman–Crippen MR) is 115 cm³/mol. The molecule has 29 heavy (non-hydrogen) atoms. The topological polar surface area (TPSA) is 48.9 Å². The Morgan fingerprint density at radius 3 is 2.38 bits per heavy atom. The first-order chi connectivity index (χ1) is 14.1. The Bertz CT molecular complexity index is 720. The summed E-state index contributed by atoms with van der Waals surface area (Å²) in [5, 5.41) is 0. The third kappa shape index (κ3) is 4.51. The molecule has 0 atom stereocenters. The van der Waals surface area contributed by atoms with Crippen LogP contribution in [0.25, 0.3) is 0 Å². The summed E-state index contributed by atoms with van der Waals surface area (Å²) in [7, 11) is 0. The van der Waals surface area contributed by atoms with Crippen LogP contribution in [0.15, 0.2) is 36.4 Å². The summed E-state index contributed by atoms with van der Waals surface area (Å²) in [6, 6.07) is 4.42. The molecule has 0 aromatic carbocycles. The fraction of sp³-hybridized carbons (Fsp3) is 0.652. The molecule has 6 nitrogen and oxygen atoms in total. The van der Waals surface area contributed by atoms with Gasteiger partial charge in [0.2, 0.25) is 0 Å². The normalized spacial score (nSPS) is 23.0. The minimum Gasteiger partial charge on any atom is -0.495 e. The zero-order chi connectivity index (χ0) is 20.3. The third-order valence-corrected chi connectivity index (χ3v) is 7.03. The number of ether oxygens (including phenoxy) is 1. The second kappa shape index (κ2) is 8.64. The highest BCUT2D eigenvalue weighted by atomic mass is 16.5. The lowest BCUT2D eigenvalue weighted by atomic mass is 9.77. The first-order valence-electron chi connectivity index (χ1n) is 11.1. The zero-order valence-corrected chi connectivity index (χ0v) is 17.8. The number of carbonyl (C=O) groups excluding carboxylic acids is 1. The van der Waals surface area contributed by atoms with E-state index < -0.39 is 0 Å². The Labute approximate surface area is 174 Å². The maximum absolute atomic E-state index is 13.1. The number of likely N-dealkylation sites (tertiary alicyclic amines) is 2. The van der Waals surface area contributed by atoms with E-state index in [2.05, 4.69) is 26.9 Å². The van der Waals surface area contributed by atoms with Crippen molar-refractivity contribution >= 4 is 11.7 Å². The fourth-order valence-corrected chi connectivity index (χ4v) is 5.00. The van der Waals surface area contributed by atoms with Crippen molar-refractivity contribution in [2.24, 2.45) is 5.41 Å². The Balaban J connectivity index is 1.26. The first-order valence-corrected chi connectivity index (χ1v) is 11.1. The highest BCUT2D eigenvalue weighted by molar-refractivity contribution is 5.75. The number of anilines is 1. The average molecular weight is 399 g/mol. The van der Waals surface area contributed by atoms with Crippen molar-refractivity contribution in [2.75, 3.05) is 44.2 Å². The van der Waals surface area contributed by atoms with Gasteiger partial charge in [0, 0.05) is 70.2 Å². The molecule has 4 heterocycles. The second-order valence-electron chi connectivity index (χ2n) is 8.85. The van der Waals surface area contributed by atoms with Crippen LogP contribution in [0.5, 0.6) is 0 Å². The zero-order valence-electron chi connectivity index (χ0n) is 17.8. The van der Waals surface area contributed by atoms with Crippen molar-refractivity contribution in [3.05, 3.63) is 36.4 Å². The van der Waals surface area contributed by atoms with Crippen LogP contribution in [0.2, 0.25) is 0 Å². The van der Waals surface area contributed by atoms with Crippen molar-refractivity contribution in [2.45, 2.75) is 52.1 Å². The standard InChI is InChI=1S/C23H34N4O2/c1-3-19(2)29-21-6-13-26(14-7-21)22(28)27-17-10-23(18-27)8-15-25(16-9-23)20-4-11-24-12-5-20/h3-5,11-12,21H,6-10,13-18H2,1-2H3/b19-3+. The number of amides is 2. The number of urea groups is 1. The van der Waals surface area contributed by atoms with Gasteiger partial charge in [-0.1, -0.05) is 0 Å². The fourth-order valence-electron chi connectivity index (χ4n) is 5.00. The van der Waals surface area contributed by atoms with Gasteiger partial charge < -0.3 is 19.4 Å². The Morgan fingerprint density at radius 2 is 1.72 bits per heavy atom. The van der Waals surface area contributed by atoms with E-state index in [1.54, 1.807) is 0 Å². The number of carbonyl (C=O) groups is 1. The Kier molecular flexibility index (Phi) is 5.97. The molecular formula is C23H34N4O2. The largest absolute Gasteiger partial charge is 0.495 e. The SMILES string of the molecule is C/C=C(\C)OC1CCN(C(=O)N2CCC3(CCN(c4ccncc4)CC3)C2)CC1. The number of allylic oxidation sites excluding steroid dienone is 2. The molecule has 1 aromatic heterocycles. The van der Waals surface area contributed by atoms with Gasteiger partial charge in [0.25, 0.3) is 0 Å². The van der Waals surface area contributed by atoms with Gasteiger partial charge in [-0.3, -0.25) is 4.98 Å². The van der Waals surface area contributed by atoms with Gasteiger partial charge >= 0.3 is 6.03 Å². The molecule has 4 rings (SSSR count). The molecule has 1 aromatic rings. The van der Waals surface area contributed by atoms with Crippen LogP contribution in [0.1, 0.15) is 46.0 Å². The van der Waals surface area contributed by atoms with Crippen LogP contribution in [0.3, 0.4) is 0 Å². The van der Waals surface area contributed by atoms with Crippen molar-refractivity contribution in [3.8, 4) is 0 Å². The summed E-state index contributed by atoms with van der Waals surface area (Å²) in [6.45, 7) is 9.57. The number of rotatable bonds is 3. The van der Waals surface area contributed by atoms with Gasteiger partial charge in [-0.25, -0.2) is 4.79 Å². The van der Waals surface area contributed by atoms with Crippen LogP contribution in [-0.2, 0) is 4.74 Å². The third-order valence-electron chi connectivity index (χ3n) is 7.03. The van der Waals surface area contributed by atoms with Gasteiger partial charge in [0.1, 0.15) is 6.10 Å². The first kappa shape index (κ1) is 20.0. The van der Waals surface area contributed by atoms with Crippen LogP contribution >= 0.6 is 0 Å². The number of nitrogens with zero attached hydrogens (tertiary/aromatic N) is 4. The predicted octanol–water partition coefficient (Wildman–Crippen LogP) is 3.90. The van der Waals surface area contributed by atoms with Crippen molar-refractivity contribution in [1.29, 1.82) is 0 Å². The highest BCUT2D eigenvalue weighted by Crippen LogP contribution is 2.41. The van der Waals surface area contributed by atoms with E-state index in [4.69, 9.17) is 4.74 Å². The van der Waals surface area contributed by atoms with Crippen molar-refractivity contribution in [1.82, 2.24) is 14.8 Å². The van der Waals surface area contributed by atoms with Crippen molar-refractivity contribution in [3.63, 3.8) is 0 Å². The summed E-state index contributed by atoms with van der Waals surface area (Å²) in [6.07, 6.45) is 11.3. The second-order valence-corrected chi connectivity index (χ2v) is 8.85. The molecular weight excluding hydrogens is 364 g/mol. The summed E-state index contributed by atoms with van der Waals surface area (Å²) >= 11 is 0. The molecule has 158 valence electrons. The lowest BCUT2D eigenvalue weighted by molar-refractivity contribution is 0.0541. The summed E-state index contributed by atoms with van der Waals surface area (Å²) in [5.74, 6) is 0.981. The van der Waals surface area contributed by atoms with Gasteiger partial charge in [-0.2, -0.15) is 0 Å². The molecule has 3 aliphatic rings. The van der Waals surface area contributed by atoms with E-state index in [0.717, 1.165) is 77.1 Å². The molecule has 3 aliphatic heterocycles. The number of aromatic nitrogens is 1. The van der Waals surface area contributed by atoms with Crippen LogP contribution in [-0.4, -0.2) is 66.2 Å². The molecule has 0 radical (unpaired) electrons. The average Bonchev–Trinajstić information content (AvgIpc) is 3.18. The van der Waals surface area contributed by atoms with Gasteiger partial charge in [-0.15, -0.1) is 0 Å². The van der Waals surface area contributed by atoms with Crippen LogP contribution < -0.4 is 4.90 Å². The quantitative estimate of drug-likeness (QED) is 0.725. The molecule has 1 spiro atoms. The van der Waals surface area contributed by atoms with Crippen molar-refractivity contribution < 1.29 is 9.53 Å². The Morgan fingerprint density at radius 1 is 1.07 bits per heavy atom. The highest BCUT2D eigenvalue weighted by Gasteiger charge is 2.43. The minimum atomic E-state index is 0.236. The number of hydrogen-bond donors (Lipinski definition) is 0. The number of hydrogen-bond acceptors (Lipinski definition) is 4. The maximum Gasteiger partial charge on any atom is 0.320 e. The molecule has 3 fully saturated rings.